The fraction of sp³-hybridized carbons (Fsp3) is 0.217. The zero-order valence-corrected chi connectivity index (χ0v) is 19.7. The molecule has 0 atom stereocenters. The van der Waals surface area contributed by atoms with Crippen molar-refractivity contribution in [2.24, 2.45) is 0 Å². The van der Waals surface area contributed by atoms with Crippen LogP contribution in [0.15, 0.2) is 41.2 Å². The summed E-state index contributed by atoms with van der Waals surface area (Å²) in [6, 6.07) is 10.5. The Kier molecular flexibility index (Phi) is 6.40. The van der Waals surface area contributed by atoms with Crippen LogP contribution in [0.5, 0.6) is 5.75 Å². The molecule has 10 heteroatoms. The van der Waals surface area contributed by atoms with Gasteiger partial charge in [-0.25, -0.2) is 9.67 Å². The van der Waals surface area contributed by atoms with Crippen LogP contribution in [0.1, 0.15) is 34.4 Å². The van der Waals surface area contributed by atoms with Gasteiger partial charge in [-0.3, -0.25) is 9.59 Å². The number of aromatic nitrogens is 4. The van der Waals surface area contributed by atoms with E-state index in [0.717, 1.165) is 5.56 Å². The van der Waals surface area contributed by atoms with Crippen molar-refractivity contribution in [2.45, 2.75) is 19.8 Å². The van der Waals surface area contributed by atoms with Crippen LogP contribution in [-0.4, -0.2) is 39.8 Å². The number of methoxy groups -OCH3 is 1. The second-order valence-electron chi connectivity index (χ2n) is 7.32. The van der Waals surface area contributed by atoms with Gasteiger partial charge in [0.25, 0.3) is 11.5 Å². The number of aryl methyl sites for hydroxylation is 1. The highest BCUT2D eigenvalue weighted by atomic mass is 35.5. The van der Waals surface area contributed by atoms with E-state index in [0.29, 0.717) is 52.4 Å². The number of hydrogen-bond donors (Lipinski definition) is 2. The molecule has 8 nitrogen and oxygen atoms in total. The minimum absolute atomic E-state index is 0.213. The maximum atomic E-state index is 13.0. The Morgan fingerprint density at radius 2 is 1.94 bits per heavy atom. The minimum atomic E-state index is -0.319. The predicted molar refractivity (Wildman–Crippen MR) is 128 cm³/mol. The van der Waals surface area contributed by atoms with E-state index >= 15 is 0 Å². The van der Waals surface area contributed by atoms with Crippen molar-refractivity contribution in [1.82, 2.24) is 25.1 Å². The van der Waals surface area contributed by atoms with Gasteiger partial charge >= 0.3 is 0 Å². The summed E-state index contributed by atoms with van der Waals surface area (Å²) in [7, 11) is 3.12. The summed E-state index contributed by atoms with van der Waals surface area (Å²) >= 11 is 13.0. The first-order valence-corrected chi connectivity index (χ1v) is 11.0. The van der Waals surface area contributed by atoms with E-state index in [1.807, 2.05) is 31.2 Å². The molecule has 4 rings (SSSR count). The molecule has 0 bridgehead atoms. The Morgan fingerprint density at radius 3 is 2.58 bits per heavy atom. The number of carbonyl (C=O) groups is 1. The van der Waals surface area contributed by atoms with Gasteiger partial charge < -0.3 is 15.0 Å². The largest absolute Gasteiger partial charge is 0.497 e. The van der Waals surface area contributed by atoms with Gasteiger partial charge in [-0.1, -0.05) is 42.3 Å². The van der Waals surface area contributed by atoms with E-state index in [1.54, 1.807) is 7.11 Å². The fourth-order valence-corrected chi connectivity index (χ4v) is 4.29. The van der Waals surface area contributed by atoms with Gasteiger partial charge in [0.05, 0.1) is 22.8 Å². The highest BCUT2D eigenvalue weighted by Gasteiger charge is 2.21. The molecule has 0 saturated heterocycles. The molecule has 0 aliphatic carbocycles. The number of hydrogen-bond acceptors (Lipinski definition) is 5. The van der Waals surface area contributed by atoms with Gasteiger partial charge in [0.1, 0.15) is 22.6 Å². The molecule has 1 amide bonds. The molecule has 0 aliphatic heterocycles. The molecular weight excluding hydrogens is 465 g/mol. The van der Waals surface area contributed by atoms with Crippen LogP contribution in [0, 0.1) is 0 Å². The maximum absolute atomic E-state index is 13.0. The van der Waals surface area contributed by atoms with Gasteiger partial charge in [0.15, 0.2) is 5.65 Å². The van der Waals surface area contributed by atoms with Crippen LogP contribution >= 0.6 is 23.2 Å². The van der Waals surface area contributed by atoms with E-state index < -0.39 is 0 Å². The highest BCUT2D eigenvalue weighted by molar-refractivity contribution is 6.38. The zero-order valence-electron chi connectivity index (χ0n) is 18.2. The second-order valence-corrected chi connectivity index (χ2v) is 8.13. The molecule has 4 aromatic rings. The lowest BCUT2D eigenvalue weighted by atomic mass is 10.1. The molecule has 2 aromatic heterocycles. The standard InChI is InChI=1S/C23H21Cl2N5O3/c1-4-17-19-21(27-18(28-23(19)32)9-12-6-5-7-14(8-12)33-3)30(29-17)20-15(24)10-13(11-16(20)25)22(31)26-2/h5-8,10-11H,4,9H2,1-3H3,(H,26,31)(H,27,28,32). The van der Waals surface area contributed by atoms with Crippen LogP contribution in [0.3, 0.4) is 0 Å². The number of fused-ring (bicyclic) bond motifs is 1. The number of aromatic amines is 1. The molecule has 33 heavy (non-hydrogen) atoms. The van der Waals surface area contributed by atoms with Crippen molar-refractivity contribution in [3.05, 3.63) is 79.4 Å². The Balaban J connectivity index is 1.89. The predicted octanol–water partition coefficient (Wildman–Crippen LogP) is 3.94. The van der Waals surface area contributed by atoms with E-state index in [-0.39, 0.29) is 21.5 Å². The van der Waals surface area contributed by atoms with Gasteiger partial charge in [-0.2, -0.15) is 5.10 Å². The van der Waals surface area contributed by atoms with E-state index in [4.69, 9.17) is 32.9 Å². The number of ether oxygens (including phenoxy) is 1. The average molecular weight is 486 g/mol. The zero-order chi connectivity index (χ0) is 23.7. The van der Waals surface area contributed by atoms with Crippen molar-refractivity contribution < 1.29 is 9.53 Å². The van der Waals surface area contributed by atoms with Crippen molar-refractivity contribution in [1.29, 1.82) is 0 Å². The summed E-state index contributed by atoms with van der Waals surface area (Å²) in [6.45, 7) is 1.90. The number of halogens is 2. The smallest absolute Gasteiger partial charge is 0.262 e. The quantitative estimate of drug-likeness (QED) is 0.430. The minimum Gasteiger partial charge on any atom is -0.497 e. The third-order valence-corrected chi connectivity index (χ3v) is 5.79. The second kappa shape index (κ2) is 9.25. The molecule has 0 radical (unpaired) electrons. The molecule has 2 N–H and O–H groups in total. The van der Waals surface area contributed by atoms with Crippen LogP contribution in [-0.2, 0) is 12.8 Å². The molecular formula is C23H21Cl2N5O3. The summed E-state index contributed by atoms with van der Waals surface area (Å²) in [4.78, 5) is 32.6. The van der Waals surface area contributed by atoms with Crippen LogP contribution in [0.4, 0.5) is 0 Å². The molecule has 2 heterocycles. The summed E-state index contributed by atoms with van der Waals surface area (Å²) in [5.74, 6) is 0.850. The molecule has 2 aromatic carbocycles. The summed E-state index contributed by atoms with van der Waals surface area (Å²) in [5.41, 5.74) is 2.19. The lowest BCUT2D eigenvalue weighted by Gasteiger charge is -2.11. The molecule has 0 aliphatic rings. The number of nitrogens with zero attached hydrogens (tertiary/aromatic N) is 3. The van der Waals surface area contributed by atoms with Crippen LogP contribution in [0.25, 0.3) is 16.7 Å². The van der Waals surface area contributed by atoms with Gasteiger partial charge in [0, 0.05) is 19.0 Å². The number of benzene rings is 2. The van der Waals surface area contributed by atoms with Crippen LogP contribution in [0.2, 0.25) is 10.0 Å². The number of amides is 1. The summed E-state index contributed by atoms with van der Waals surface area (Å²) in [5, 5.41) is 7.91. The monoisotopic (exact) mass is 485 g/mol. The lowest BCUT2D eigenvalue weighted by molar-refractivity contribution is 0.0963. The average Bonchev–Trinajstić information content (AvgIpc) is 3.17. The third-order valence-electron chi connectivity index (χ3n) is 5.22. The Hall–Kier alpha value is -3.36. The Morgan fingerprint density at radius 1 is 1.21 bits per heavy atom. The van der Waals surface area contributed by atoms with Gasteiger partial charge in [0.2, 0.25) is 0 Å². The molecule has 0 fully saturated rings. The van der Waals surface area contributed by atoms with Crippen molar-refractivity contribution in [2.75, 3.05) is 14.2 Å². The van der Waals surface area contributed by atoms with Gasteiger partial charge in [-0.15, -0.1) is 0 Å². The van der Waals surface area contributed by atoms with Crippen molar-refractivity contribution in [3.63, 3.8) is 0 Å². The molecule has 0 saturated carbocycles. The lowest BCUT2D eigenvalue weighted by Crippen LogP contribution is -2.18. The number of carbonyl (C=O) groups excluding carboxylic acids is 1. The summed E-state index contributed by atoms with van der Waals surface area (Å²) < 4.78 is 6.75. The molecule has 170 valence electrons. The number of nitrogens with one attached hydrogen (secondary N) is 2. The SMILES string of the molecule is CCc1nn(-c2c(Cl)cc(C(=O)NC)cc2Cl)c2nc(Cc3cccc(OC)c3)[nH]c(=O)c12. The van der Waals surface area contributed by atoms with Crippen molar-refractivity contribution >= 4 is 40.1 Å². The Labute approximate surface area is 199 Å². The van der Waals surface area contributed by atoms with Crippen LogP contribution < -0.4 is 15.6 Å². The number of rotatable bonds is 6. The van der Waals surface area contributed by atoms with E-state index in [2.05, 4.69) is 15.4 Å². The van der Waals surface area contributed by atoms with E-state index in [1.165, 1.54) is 23.9 Å². The first-order chi connectivity index (χ1) is 15.9. The van der Waals surface area contributed by atoms with Crippen molar-refractivity contribution in [3.8, 4) is 11.4 Å². The fourth-order valence-electron chi connectivity index (χ4n) is 3.64. The third kappa shape index (κ3) is 4.31. The first-order valence-electron chi connectivity index (χ1n) is 10.2. The highest BCUT2D eigenvalue weighted by Crippen LogP contribution is 2.32. The maximum Gasteiger partial charge on any atom is 0.262 e. The first kappa shape index (κ1) is 22.8. The Bertz CT molecular complexity index is 1400. The molecule has 0 spiro atoms. The normalized spacial score (nSPS) is 11.1. The topological polar surface area (TPSA) is 102 Å². The van der Waals surface area contributed by atoms with E-state index in [9.17, 15) is 9.59 Å². The van der Waals surface area contributed by atoms with Gasteiger partial charge in [-0.05, 0) is 36.2 Å². The number of H-pyrrole nitrogens is 1. The molecule has 0 unspecified atom stereocenters. The summed E-state index contributed by atoms with van der Waals surface area (Å²) in [6.07, 6.45) is 0.890.